The van der Waals surface area contributed by atoms with Crippen LogP contribution in [-0.2, 0) is 16.4 Å². The number of carbonyl (C=O) groups is 1. The Balaban J connectivity index is 2.24. The maximum absolute atomic E-state index is 15.7. The average Bonchev–Trinajstić information content (AvgIpc) is 3.25. The van der Waals surface area contributed by atoms with Crippen molar-refractivity contribution in [3.63, 3.8) is 0 Å². The van der Waals surface area contributed by atoms with Crippen LogP contribution < -0.4 is 5.32 Å². The third-order valence-corrected chi connectivity index (χ3v) is 8.70. The smallest absolute Gasteiger partial charge is 0.404 e. The van der Waals surface area contributed by atoms with Gasteiger partial charge in [-0.05, 0) is 39.9 Å². The van der Waals surface area contributed by atoms with Gasteiger partial charge in [-0.1, -0.05) is 20.8 Å². The Morgan fingerprint density at radius 2 is 2.03 bits per heavy atom. The number of pyridine rings is 1. The van der Waals surface area contributed by atoms with Crippen molar-refractivity contribution in [2.24, 2.45) is 5.41 Å². The minimum absolute atomic E-state index is 0.0770. The van der Waals surface area contributed by atoms with Gasteiger partial charge < -0.3 is 10.4 Å². The Labute approximate surface area is 196 Å². The van der Waals surface area contributed by atoms with Crippen LogP contribution in [0.25, 0.3) is 11.3 Å². The molecule has 3 rings (SSSR count). The van der Waals surface area contributed by atoms with Crippen LogP contribution in [0.15, 0.2) is 44.7 Å². The number of hydrogen-bond donors (Lipinski definition) is 2. The van der Waals surface area contributed by atoms with Gasteiger partial charge in [0.2, 0.25) is 5.95 Å². The fraction of sp³-hybridized carbons (Fsp3) is 0.300. The second-order valence-corrected chi connectivity index (χ2v) is 11.5. The molecule has 172 valence electrons. The van der Waals surface area contributed by atoms with Crippen molar-refractivity contribution in [2.75, 3.05) is 0 Å². The molecule has 0 saturated heterocycles. The Morgan fingerprint density at radius 3 is 2.56 bits per heavy atom. The van der Waals surface area contributed by atoms with Gasteiger partial charge in [-0.25, -0.2) is 26.6 Å². The number of hydrogen-bond acceptors (Lipinski definition) is 5. The van der Waals surface area contributed by atoms with Gasteiger partial charge in [-0.2, -0.15) is 4.39 Å². The van der Waals surface area contributed by atoms with E-state index < -0.39 is 45.0 Å². The van der Waals surface area contributed by atoms with Crippen molar-refractivity contribution in [2.45, 2.75) is 38.1 Å². The summed E-state index contributed by atoms with van der Waals surface area (Å²) in [5.74, 6) is -2.00. The van der Waals surface area contributed by atoms with Crippen LogP contribution in [0.3, 0.4) is 0 Å². The predicted octanol–water partition coefficient (Wildman–Crippen LogP) is 5.11. The normalized spacial score (nSPS) is 13.2. The molecule has 1 unspecified atom stereocenters. The molecule has 1 atom stereocenters. The van der Waals surface area contributed by atoms with Crippen molar-refractivity contribution in [1.29, 1.82) is 0 Å². The first-order chi connectivity index (χ1) is 14.8. The van der Waals surface area contributed by atoms with Crippen LogP contribution in [0.5, 0.6) is 0 Å². The third kappa shape index (κ3) is 4.71. The number of nitrogens with one attached hydrogen (secondary N) is 1. The molecule has 3 aromatic heterocycles. The molecule has 1 amide bonds. The van der Waals surface area contributed by atoms with Crippen molar-refractivity contribution < 1.29 is 27.1 Å². The Hall–Kier alpha value is -2.31. The number of thiophene rings is 1. The highest BCUT2D eigenvalue weighted by Gasteiger charge is 2.33. The molecule has 12 heteroatoms. The van der Waals surface area contributed by atoms with E-state index in [2.05, 4.69) is 26.2 Å². The van der Waals surface area contributed by atoms with E-state index in [-0.39, 0.29) is 26.9 Å². The average molecular weight is 548 g/mol. The molecule has 0 saturated carbocycles. The lowest BCUT2D eigenvalue weighted by Gasteiger charge is -2.30. The molecule has 3 heterocycles. The minimum atomic E-state index is -4.31. The summed E-state index contributed by atoms with van der Waals surface area (Å²) >= 11 is 4.31. The molecule has 0 radical (unpaired) electrons. The van der Waals surface area contributed by atoms with E-state index in [9.17, 15) is 22.7 Å². The lowest BCUT2D eigenvalue weighted by atomic mass is 9.83. The second kappa shape index (κ2) is 8.91. The number of carboxylic acid groups (broad SMARTS) is 1. The minimum Gasteiger partial charge on any atom is -0.465 e. The molecule has 0 fully saturated rings. The Morgan fingerprint density at radius 1 is 1.34 bits per heavy atom. The van der Waals surface area contributed by atoms with Gasteiger partial charge in [0.15, 0.2) is 5.82 Å². The predicted molar refractivity (Wildman–Crippen MR) is 120 cm³/mol. The Kier molecular flexibility index (Phi) is 6.78. The maximum atomic E-state index is 15.7. The van der Waals surface area contributed by atoms with E-state index in [0.717, 1.165) is 17.5 Å². The van der Waals surface area contributed by atoms with E-state index in [1.54, 1.807) is 26.2 Å². The first-order valence-corrected chi connectivity index (χ1v) is 12.5. The SMILES string of the molecule is CC(C)(C)C(Cc1cn(S(=O)(=O)c2cscc2Br)c(-c2cccnc2F)c1F)NC(=O)O. The fourth-order valence-electron chi connectivity index (χ4n) is 3.15. The van der Waals surface area contributed by atoms with Gasteiger partial charge in [0.05, 0.1) is 5.56 Å². The van der Waals surface area contributed by atoms with Crippen molar-refractivity contribution in [1.82, 2.24) is 14.3 Å². The van der Waals surface area contributed by atoms with Crippen LogP contribution in [0.1, 0.15) is 26.3 Å². The molecular weight excluding hydrogens is 528 g/mol. The zero-order valence-corrected chi connectivity index (χ0v) is 20.5. The standard InChI is InChI=1S/C20H20BrF2N3O4S2/c1-20(2,3)15(25-19(27)28)7-11-8-26(32(29,30)14-10-31-9-13(14)21)17(16(11)22)12-5-4-6-24-18(12)23/h4-6,8-10,15,25H,7H2,1-3H3,(H,27,28). The highest BCUT2D eigenvalue weighted by atomic mass is 79.9. The molecule has 2 N–H and O–H groups in total. The number of nitrogens with zero attached hydrogens (tertiary/aromatic N) is 2. The molecule has 0 bridgehead atoms. The number of rotatable bonds is 6. The van der Waals surface area contributed by atoms with Gasteiger partial charge in [0, 0.05) is 39.2 Å². The van der Waals surface area contributed by atoms with Crippen molar-refractivity contribution >= 4 is 43.4 Å². The monoisotopic (exact) mass is 547 g/mol. The van der Waals surface area contributed by atoms with Crippen LogP contribution in [0.2, 0.25) is 0 Å². The highest BCUT2D eigenvalue weighted by Crippen LogP contribution is 2.36. The van der Waals surface area contributed by atoms with Gasteiger partial charge in [0.1, 0.15) is 10.6 Å². The fourth-order valence-corrected chi connectivity index (χ4v) is 6.84. The van der Waals surface area contributed by atoms with Crippen LogP contribution in [0, 0.1) is 17.2 Å². The Bertz CT molecular complexity index is 1270. The number of aromatic nitrogens is 2. The molecule has 7 nitrogen and oxygen atoms in total. The van der Waals surface area contributed by atoms with Crippen molar-refractivity contribution in [3.05, 3.63) is 57.1 Å². The highest BCUT2D eigenvalue weighted by molar-refractivity contribution is 9.10. The number of amides is 1. The largest absolute Gasteiger partial charge is 0.465 e. The summed E-state index contributed by atoms with van der Waals surface area (Å²) in [6.07, 6.45) is 0.794. The zero-order chi connectivity index (χ0) is 23.8. The van der Waals surface area contributed by atoms with Gasteiger partial charge in [0.25, 0.3) is 10.0 Å². The summed E-state index contributed by atoms with van der Waals surface area (Å²) in [5, 5.41) is 14.5. The molecule has 0 aromatic carbocycles. The summed E-state index contributed by atoms with van der Waals surface area (Å²) in [7, 11) is -4.31. The van der Waals surface area contributed by atoms with E-state index in [4.69, 9.17) is 0 Å². The lowest BCUT2D eigenvalue weighted by Crippen LogP contribution is -2.44. The first kappa shape index (κ1) is 24.3. The van der Waals surface area contributed by atoms with Gasteiger partial charge in [-0.15, -0.1) is 11.3 Å². The van der Waals surface area contributed by atoms with Crippen LogP contribution in [0.4, 0.5) is 13.6 Å². The summed E-state index contributed by atoms with van der Waals surface area (Å²) in [6, 6.07) is 1.86. The van der Waals surface area contributed by atoms with Crippen molar-refractivity contribution in [3.8, 4) is 11.3 Å². The van der Waals surface area contributed by atoms with E-state index in [1.165, 1.54) is 23.7 Å². The van der Waals surface area contributed by atoms with E-state index >= 15 is 4.39 Å². The third-order valence-electron chi connectivity index (χ3n) is 4.88. The number of halogens is 3. The molecule has 0 aliphatic heterocycles. The summed E-state index contributed by atoms with van der Waals surface area (Å²) in [6.45, 7) is 5.30. The molecule has 0 aliphatic carbocycles. The molecular formula is C20H20BrF2N3O4S2. The molecule has 0 aliphatic rings. The second-order valence-electron chi connectivity index (χ2n) is 8.12. The van der Waals surface area contributed by atoms with Crippen LogP contribution >= 0.6 is 27.3 Å². The van der Waals surface area contributed by atoms with Gasteiger partial charge in [-0.3, -0.25) is 0 Å². The lowest BCUT2D eigenvalue weighted by molar-refractivity contribution is 0.174. The zero-order valence-electron chi connectivity index (χ0n) is 17.3. The van der Waals surface area contributed by atoms with Crippen LogP contribution in [-0.4, -0.2) is 34.6 Å². The van der Waals surface area contributed by atoms with E-state index in [0.29, 0.717) is 3.97 Å². The summed E-state index contributed by atoms with van der Waals surface area (Å²) in [4.78, 5) is 14.7. The van der Waals surface area contributed by atoms with E-state index in [1.807, 2.05) is 0 Å². The quantitative estimate of drug-likeness (QED) is 0.417. The first-order valence-electron chi connectivity index (χ1n) is 9.31. The molecule has 32 heavy (non-hydrogen) atoms. The molecule has 0 spiro atoms. The summed E-state index contributed by atoms with van der Waals surface area (Å²) in [5.41, 5.74) is -1.52. The summed E-state index contributed by atoms with van der Waals surface area (Å²) < 4.78 is 57.9. The molecule has 3 aromatic rings. The van der Waals surface area contributed by atoms with Gasteiger partial charge >= 0.3 is 6.09 Å². The maximum Gasteiger partial charge on any atom is 0.404 e. The topological polar surface area (TPSA) is 101 Å².